The van der Waals surface area contributed by atoms with E-state index in [4.69, 9.17) is 9.47 Å². The van der Waals surface area contributed by atoms with Gasteiger partial charge in [0.2, 0.25) is 5.88 Å². The van der Waals surface area contributed by atoms with Crippen LogP contribution < -0.4 is 14.2 Å². The highest BCUT2D eigenvalue weighted by atomic mass is 32.2. The van der Waals surface area contributed by atoms with Gasteiger partial charge in [-0.3, -0.25) is 4.57 Å². The molecule has 0 aliphatic heterocycles. The van der Waals surface area contributed by atoms with Crippen molar-refractivity contribution in [1.29, 1.82) is 0 Å². The second-order valence-electron chi connectivity index (χ2n) is 10.4. The Hall–Kier alpha value is -4.59. The van der Waals surface area contributed by atoms with Gasteiger partial charge in [-0.1, -0.05) is 19.1 Å². The quantitative estimate of drug-likeness (QED) is 0.206. The molecule has 0 aliphatic carbocycles. The van der Waals surface area contributed by atoms with Crippen molar-refractivity contribution in [3.8, 4) is 34.6 Å². The Kier molecular flexibility index (Phi) is 10.2. The first kappa shape index (κ1) is 36.2. The minimum atomic E-state index is -6.14. The third kappa shape index (κ3) is 7.13. The van der Waals surface area contributed by atoms with Crippen molar-refractivity contribution in [2.45, 2.75) is 48.7 Å². The minimum absolute atomic E-state index is 0.0602. The van der Waals surface area contributed by atoms with Crippen molar-refractivity contribution in [2.75, 3.05) is 20.8 Å². The number of ether oxygens (including phenoxy) is 3. The Bertz CT molecular complexity index is 1820. The average Bonchev–Trinajstić information content (AvgIpc) is 3.43. The second-order valence-corrected chi connectivity index (χ2v) is 12.7. The van der Waals surface area contributed by atoms with Crippen LogP contribution in [0.5, 0.6) is 17.4 Å². The minimum Gasteiger partial charge on any atom is -0.494 e. The van der Waals surface area contributed by atoms with Crippen molar-refractivity contribution >= 4 is 9.84 Å². The van der Waals surface area contributed by atoms with Crippen LogP contribution in [0.2, 0.25) is 0 Å². The number of nitrogens with zero attached hydrogens (tertiary/aromatic N) is 6. The van der Waals surface area contributed by atoms with Crippen LogP contribution in [0.1, 0.15) is 31.4 Å². The molecule has 0 aliphatic rings. The topological polar surface area (TPSA) is 151 Å². The number of rotatable bonds is 12. The maximum Gasteiger partial charge on any atom is 0.429 e. The van der Waals surface area contributed by atoms with E-state index in [1.165, 1.54) is 56.9 Å². The molecule has 0 radical (unpaired) electrons. The van der Waals surface area contributed by atoms with Gasteiger partial charge in [-0.15, -0.1) is 10.2 Å². The first-order valence-corrected chi connectivity index (χ1v) is 15.4. The highest BCUT2D eigenvalue weighted by molar-refractivity contribution is 7.91. The molecule has 2 atom stereocenters. The number of aliphatic hydroxyl groups is 1. The Morgan fingerprint density at radius 3 is 2.00 bits per heavy atom. The van der Waals surface area contributed by atoms with Crippen LogP contribution in [0, 0.1) is 5.82 Å². The Morgan fingerprint density at radius 1 is 0.896 bits per heavy atom. The standard InChI is InChI=1S/C28H27F7N6O6S/c1-15(24-36-11-17(29)12-37-24)16(2)48(43,44)13-21-39-40-25(41(21)23-19(45-3)8-6-9-20(23)46-4)18-7-5-10-22(38-18)47-14-26(42,27(30,31)32)28(33,34)35/h5-12,15-16,42H,13-14H2,1-4H3/t15-,16-/m0/s1. The zero-order chi connectivity index (χ0) is 35.7. The van der Waals surface area contributed by atoms with Gasteiger partial charge in [0.05, 0.1) is 31.9 Å². The summed E-state index contributed by atoms with van der Waals surface area (Å²) >= 11 is 0. The monoisotopic (exact) mass is 708 g/mol. The summed E-state index contributed by atoms with van der Waals surface area (Å²) in [5, 5.41) is 16.4. The van der Waals surface area contributed by atoms with E-state index in [1.807, 2.05) is 0 Å². The summed E-state index contributed by atoms with van der Waals surface area (Å²) < 4.78 is 137. The summed E-state index contributed by atoms with van der Waals surface area (Å²) in [5.41, 5.74) is -5.37. The van der Waals surface area contributed by atoms with Gasteiger partial charge in [0, 0.05) is 12.0 Å². The molecule has 20 heteroatoms. The lowest BCUT2D eigenvalue weighted by molar-refractivity contribution is -0.373. The molecule has 3 aromatic heterocycles. The predicted octanol–water partition coefficient (Wildman–Crippen LogP) is 4.62. The molecule has 1 N–H and O–H groups in total. The lowest BCUT2D eigenvalue weighted by Crippen LogP contribution is -2.60. The van der Waals surface area contributed by atoms with E-state index in [0.717, 1.165) is 18.5 Å². The molecule has 4 aromatic rings. The van der Waals surface area contributed by atoms with Crippen LogP contribution >= 0.6 is 0 Å². The van der Waals surface area contributed by atoms with Gasteiger partial charge in [-0.25, -0.2) is 27.8 Å². The fraction of sp³-hybridized carbons (Fsp3) is 0.393. The number of alkyl halides is 6. The molecule has 0 saturated carbocycles. The van der Waals surface area contributed by atoms with Gasteiger partial charge < -0.3 is 19.3 Å². The SMILES string of the molecule is COc1cccc(OC)c1-n1c(CS(=O)(=O)[C@@H](C)[C@H](C)c2ncc(F)cn2)nnc1-c1cccc(OCC(O)(C(F)(F)F)C(F)(F)F)n1. The van der Waals surface area contributed by atoms with Crippen LogP contribution in [-0.4, -0.2) is 87.3 Å². The zero-order valence-electron chi connectivity index (χ0n) is 25.4. The first-order valence-electron chi connectivity index (χ1n) is 13.6. The van der Waals surface area contributed by atoms with Crippen LogP contribution in [-0.2, 0) is 15.6 Å². The summed E-state index contributed by atoms with van der Waals surface area (Å²) in [6.45, 7) is 0.646. The second kappa shape index (κ2) is 13.5. The number of halogens is 7. The molecule has 0 fully saturated rings. The molecule has 3 heterocycles. The van der Waals surface area contributed by atoms with E-state index in [1.54, 1.807) is 6.07 Å². The van der Waals surface area contributed by atoms with Crippen molar-refractivity contribution in [3.05, 3.63) is 66.3 Å². The highest BCUT2D eigenvalue weighted by Crippen LogP contribution is 2.43. The van der Waals surface area contributed by atoms with Crippen LogP contribution in [0.15, 0.2) is 48.8 Å². The summed E-state index contributed by atoms with van der Waals surface area (Å²) in [5.74, 6) is -3.20. The smallest absolute Gasteiger partial charge is 0.429 e. The summed E-state index contributed by atoms with van der Waals surface area (Å²) in [4.78, 5) is 11.7. The molecule has 4 rings (SSSR count). The molecule has 12 nitrogen and oxygen atoms in total. The summed E-state index contributed by atoms with van der Waals surface area (Å²) in [7, 11) is -1.52. The molecule has 0 unspecified atom stereocenters. The van der Waals surface area contributed by atoms with Crippen LogP contribution in [0.25, 0.3) is 17.2 Å². The number of hydrogen-bond donors (Lipinski definition) is 1. The van der Waals surface area contributed by atoms with Gasteiger partial charge in [0.25, 0.3) is 5.60 Å². The summed E-state index contributed by atoms with van der Waals surface area (Å²) in [6.07, 6.45) is -10.5. The van der Waals surface area contributed by atoms with Crippen molar-refractivity contribution in [3.63, 3.8) is 0 Å². The Labute approximate surface area is 268 Å². The van der Waals surface area contributed by atoms with Crippen molar-refractivity contribution in [1.82, 2.24) is 29.7 Å². The van der Waals surface area contributed by atoms with Crippen molar-refractivity contribution < 1.29 is 58.5 Å². The molecule has 48 heavy (non-hydrogen) atoms. The number of sulfone groups is 1. The molecule has 0 spiro atoms. The number of aromatic nitrogens is 6. The van der Waals surface area contributed by atoms with E-state index in [2.05, 4.69) is 29.9 Å². The van der Waals surface area contributed by atoms with Gasteiger partial charge in [0.15, 0.2) is 27.3 Å². The van der Waals surface area contributed by atoms with E-state index >= 15 is 0 Å². The number of benzene rings is 1. The van der Waals surface area contributed by atoms with Crippen LogP contribution in [0.4, 0.5) is 30.7 Å². The molecule has 0 saturated heterocycles. The largest absolute Gasteiger partial charge is 0.494 e. The first-order chi connectivity index (χ1) is 22.3. The van der Waals surface area contributed by atoms with E-state index in [9.17, 15) is 44.3 Å². The van der Waals surface area contributed by atoms with Gasteiger partial charge in [-0.05, 0) is 25.1 Å². The number of para-hydroxylation sites is 1. The van der Waals surface area contributed by atoms with Gasteiger partial charge in [-0.2, -0.15) is 26.3 Å². The molecule has 0 amide bonds. The lowest BCUT2D eigenvalue weighted by atomic mass is 10.0. The van der Waals surface area contributed by atoms with E-state index in [0.29, 0.717) is 0 Å². The Balaban J connectivity index is 1.80. The fourth-order valence-electron chi connectivity index (χ4n) is 4.38. The van der Waals surface area contributed by atoms with Gasteiger partial charge in [0.1, 0.15) is 41.1 Å². The number of methoxy groups -OCH3 is 2. The fourth-order valence-corrected chi connectivity index (χ4v) is 5.93. The number of pyridine rings is 1. The maximum absolute atomic E-state index is 13.7. The average molecular weight is 709 g/mol. The van der Waals surface area contributed by atoms with Crippen molar-refractivity contribution in [2.24, 2.45) is 0 Å². The third-order valence-corrected chi connectivity index (χ3v) is 9.53. The normalized spacial score (nSPS) is 14.0. The molecule has 0 bridgehead atoms. The molecule has 260 valence electrons. The van der Waals surface area contributed by atoms with Crippen LogP contribution in [0.3, 0.4) is 0 Å². The highest BCUT2D eigenvalue weighted by Gasteiger charge is 2.71. The van der Waals surface area contributed by atoms with Gasteiger partial charge >= 0.3 is 12.4 Å². The summed E-state index contributed by atoms with van der Waals surface area (Å²) in [6, 6.07) is 7.91. The molecular weight excluding hydrogens is 681 g/mol. The number of hydrogen-bond acceptors (Lipinski definition) is 11. The third-order valence-electron chi connectivity index (χ3n) is 7.32. The Morgan fingerprint density at radius 2 is 1.46 bits per heavy atom. The zero-order valence-corrected chi connectivity index (χ0v) is 26.2. The molecule has 1 aromatic carbocycles. The van der Waals surface area contributed by atoms with E-state index in [-0.39, 0.29) is 40.4 Å². The lowest BCUT2D eigenvalue weighted by Gasteiger charge is -2.31. The maximum atomic E-state index is 13.7. The molecular formula is C28H27F7N6O6S. The van der Waals surface area contributed by atoms with E-state index < -0.39 is 63.0 Å². The predicted molar refractivity (Wildman–Crippen MR) is 153 cm³/mol.